The minimum absolute atomic E-state index is 0.0720. The molecule has 0 amide bonds. The van der Waals surface area contributed by atoms with Gasteiger partial charge in [0.1, 0.15) is 27.2 Å². The van der Waals surface area contributed by atoms with Gasteiger partial charge in [-0.1, -0.05) is 29.8 Å². The van der Waals surface area contributed by atoms with Crippen LogP contribution in [-0.4, -0.2) is 37.0 Å². The summed E-state index contributed by atoms with van der Waals surface area (Å²) >= 11 is 0. The lowest BCUT2D eigenvalue weighted by atomic mass is 9.91. The summed E-state index contributed by atoms with van der Waals surface area (Å²) in [6.07, 6.45) is 1.22. The average molecular weight is 440 g/mol. The van der Waals surface area contributed by atoms with E-state index in [4.69, 9.17) is 9.72 Å². The van der Waals surface area contributed by atoms with E-state index < -0.39 is 9.84 Å². The van der Waals surface area contributed by atoms with Crippen molar-refractivity contribution in [3.8, 4) is 5.75 Å². The van der Waals surface area contributed by atoms with Gasteiger partial charge in [-0.05, 0) is 56.7 Å². The number of ether oxygens (including phenoxy) is 1. The van der Waals surface area contributed by atoms with Crippen molar-refractivity contribution in [2.45, 2.75) is 45.6 Å². The minimum atomic E-state index is -2.93. The SMILES string of the molecule is COc1cc2nc(C)nc(N[C@H](C)c3cccc(C)c3)c2cc1C1CCS(=O)(=O)CC1. The number of anilines is 1. The van der Waals surface area contributed by atoms with E-state index in [0.29, 0.717) is 18.7 Å². The lowest BCUT2D eigenvalue weighted by Gasteiger charge is -2.25. The number of aryl methyl sites for hydroxylation is 2. The molecule has 1 aromatic heterocycles. The lowest BCUT2D eigenvalue weighted by Crippen LogP contribution is -2.22. The molecule has 4 rings (SSSR count). The van der Waals surface area contributed by atoms with Gasteiger partial charge in [0.05, 0.1) is 24.1 Å². The highest BCUT2D eigenvalue weighted by molar-refractivity contribution is 7.91. The Morgan fingerprint density at radius 1 is 1.10 bits per heavy atom. The molecule has 6 nitrogen and oxygen atoms in total. The maximum Gasteiger partial charge on any atom is 0.150 e. The molecular weight excluding hydrogens is 410 g/mol. The van der Waals surface area contributed by atoms with Crippen LogP contribution in [0.5, 0.6) is 5.75 Å². The second-order valence-corrected chi connectivity index (χ2v) is 10.7. The molecule has 0 unspecified atom stereocenters. The Hall–Kier alpha value is -2.67. The summed E-state index contributed by atoms with van der Waals surface area (Å²) in [6, 6.07) is 12.5. The molecule has 0 radical (unpaired) electrons. The predicted octanol–water partition coefficient (Wildman–Crippen LogP) is 4.72. The second-order valence-electron chi connectivity index (χ2n) is 8.44. The number of aromatic nitrogens is 2. The summed E-state index contributed by atoms with van der Waals surface area (Å²) in [7, 11) is -1.28. The Morgan fingerprint density at radius 2 is 1.84 bits per heavy atom. The normalized spacial score (nSPS) is 17.4. The number of fused-ring (bicyclic) bond motifs is 1. The first-order valence-electron chi connectivity index (χ1n) is 10.7. The number of rotatable bonds is 5. The lowest BCUT2D eigenvalue weighted by molar-refractivity contribution is 0.403. The largest absolute Gasteiger partial charge is 0.496 e. The summed E-state index contributed by atoms with van der Waals surface area (Å²) in [5.74, 6) is 2.81. The molecule has 3 aromatic rings. The van der Waals surface area contributed by atoms with E-state index in [-0.39, 0.29) is 23.5 Å². The van der Waals surface area contributed by atoms with E-state index in [1.165, 1.54) is 11.1 Å². The van der Waals surface area contributed by atoms with Crippen molar-refractivity contribution < 1.29 is 13.2 Å². The van der Waals surface area contributed by atoms with Gasteiger partial charge in [-0.2, -0.15) is 0 Å². The summed E-state index contributed by atoms with van der Waals surface area (Å²) < 4.78 is 29.5. The van der Waals surface area contributed by atoms with Gasteiger partial charge in [0.15, 0.2) is 0 Å². The van der Waals surface area contributed by atoms with E-state index in [1.807, 2.05) is 13.0 Å². The molecule has 7 heteroatoms. The van der Waals surface area contributed by atoms with Crippen LogP contribution >= 0.6 is 0 Å². The number of benzene rings is 2. The molecule has 1 saturated heterocycles. The van der Waals surface area contributed by atoms with E-state index in [2.05, 4.69) is 54.5 Å². The van der Waals surface area contributed by atoms with E-state index in [9.17, 15) is 8.42 Å². The van der Waals surface area contributed by atoms with Crippen LogP contribution < -0.4 is 10.1 Å². The van der Waals surface area contributed by atoms with Crippen LogP contribution in [0.3, 0.4) is 0 Å². The first-order chi connectivity index (χ1) is 14.8. The molecule has 164 valence electrons. The van der Waals surface area contributed by atoms with Crippen LogP contribution in [0.1, 0.15) is 54.2 Å². The number of nitrogens with zero attached hydrogens (tertiary/aromatic N) is 2. The topological polar surface area (TPSA) is 81.2 Å². The van der Waals surface area contributed by atoms with Gasteiger partial charge in [0, 0.05) is 17.5 Å². The number of hydrogen-bond donors (Lipinski definition) is 1. The van der Waals surface area contributed by atoms with Crippen molar-refractivity contribution in [2.75, 3.05) is 23.9 Å². The monoisotopic (exact) mass is 439 g/mol. The highest BCUT2D eigenvalue weighted by Gasteiger charge is 2.27. The average Bonchev–Trinajstić information content (AvgIpc) is 2.73. The van der Waals surface area contributed by atoms with Crippen LogP contribution in [0.4, 0.5) is 5.82 Å². The van der Waals surface area contributed by atoms with E-state index >= 15 is 0 Å². The second kappa shape index (κ2) is 8.46. The molecule has 1 aliphatic rings. The Morgan fingerprint density at radius 3 is 2.52 bits per heavy atom. The first-order valence-corrected chi connectivity index (χ1v) is 12.5. The Balaban J connectivity index is 1.75. The van der Waals surface area contributed by atoms with E-state index in [0.717, 1.165) is 28.0 Å². The minimum Gasteiger partial charge on any atom is -0.496 e. The molecule has 1 aliphatic heterocycles. The predicted molar refractivity (Wildman–Crippen MR) is 125 cm³/mol. The maximum absolute atomic E-state index is 11.9. The van der Waals surface area contributed by atoms with Crippen molar-refractivity contribution >= 4 is 26.6 Å². The van der Waals surface area contributed by atoms with Gasteiger partial charge >= 0.3 is 0 Å². The zero-order valence-corrected chi connectivity index (χ0v) is 19.3. The molecule has 0 saturated carbocycles. The highest BCUT2D eigenvalue weighted by atomic mass is 32.2. The van der Waals surface area contributed by atoms with Gasteiger partial charge in [-0.3, -0.25) is 0 Å². The summed E-state index contributed by atoms with van der Waals surface area (Å²) in [5, 5.41) is 4.49. The fraction of sp³-hybridized carbons (Fsp3) is 0.417. The van der Waals surface area contributed by atoms with Crippen LogP contribution in [0, 0.1) is 13.8 Å². The number of nitrogens with one attached hydrogen (secondary N) is 1. The van der Waals surface area contributed by atoms with Crippen molar-refractivity contribution in [3.05, 3.63) is 58.9 Å². The summed E-state index contributed by atoms with van der Waals surface area (Å²) in [6.45, 7) is 6.09. The third-order valence-electron chi connectivity index (χ3n) is 6.05. The smallest absolute Gasteiger partial charge is 0.150 e. The molecule has 1 N–H and O–H groups in total. The molecular formula is C24H29N3O3S. The van der Waals surface area contributed by atoms with Gasteiger partial charge in [-0.15, -0.1) is 0 Å². The van der Waals surface area contributed by atoms with Crippen LogP contribution in [0.25, 0.3) is 10.9 Å². The molecule has 0 bridgehead atoms. The number of hydrogen-bond acceptors (Lipinski definition) is 6. The van der Waals surface area contributed by atoms with Crippen LogP contribution in [-0.2, 0) is 9.84 Å². The fourth-order valence-corrected chi connectivity index (χ4v) is 5.82. The zero-order chi connectivity index (χ0) is 22.2. The van der Waals surface area contributed by atoms with Crippen molar-refractivity contribution in [1.82, 2.24) is 9.97 Å². The fourth-order valence-electron chi connectivity index (χ4n) is 4.32. The summed E-state index contributed by atoms with van der Waals surface area (Å²) in [5.41, 5.74) is 4.25. The van der Waals surface area contributed by atoms with Crippen molar-refractivity contribution in [1.29, 1.82) is 0 Å². The first kappa shape index (κ1) is 21.6. The van der Waals surface area contributed by atoms with Gasteiger partial charge in [0.2, 0.25) is 0 Å². The highest BCUT2D eigenvalue weighted by Crippen LogP contribution is 2.39. The molecule has 31 heavy (non-hydrogen) atoms. The maximum atomic E-state index is 11.9. The van der Waals surface area contributed by atoms with Crippen molar-refractivity contribution in [2.24, 2.45) is 0 Å². The van der Waals surface area contributed by atoms with Gasteiger partial charge in [0.25, 0.3) is 0 Å². The molecule has 1 atom stereocenters. The summed E-state index contributed by atoms with van der Waals surface area (Å²) in [4.78, 5) is 9.32. The Labute approximate surface area is 184 Å². The van der Waals surface area contributed by atoms with Crippen LogP contribution in [0.2, 0.25) is 0 Å². The van der Waals surface area contributed by atoms with Crippen molar-refractivity contribution in [3.63, 3.8) is 0 Å². The van der Waals surface area contributed by atoms with Gasteiger partial charge < -0.3 is 10.1 Å². The third-order valence-corrected chi connectivity index (χ3v) is 7.76. The molecule has 0 spiro atoms. The molecule has 2 heterocycles. The standard InChI is InChI=1S/C24H29N3O3S/c1-15-6-5-7-19(12-15)16(2)25-24-21-13-20(18-8-10-31(28,29)11-9-18)23(30-4)14-22(21)26-17(3)27-24/h5-7,12-14,16,18H,8-11H2,1-4H3,(H,25,26,27)/t16-/m1/s1. The molecule has 0 aliphatic carbocycles. The molecule has 1 fully saturated rings. The quantitative estimate of drug-likeness (QED) is 0.619. The Bertz CT molecular complexity index is 1210. The van der Waals surface area contributed by atoms with Crippen LogP contribution in [0.15, 0.2) is 36.4 Å². The molecule has 2 aromatic carbocycles. The number of sulfone groups is 1. The zero-order valence-electron chi connectivity index (χ0n) is 18.5. The van der Waals surface area contributed by atoms with Gasteiger partial charge in [-0.25, -0.2) is 18.4 Å². The Kier molecular flexibility index (Phi) is 5.88. The third kappa shape index (κ3) is 4.66. The number of methoxy groups -OCH3 is 1. The van der Waals surface area contributed by atoms with E-state index in [1.54, 1.807) is 7.11 Å².